The largest absolute Gasteiger partial charge is 0.480 e. The van der Waals surface area contributed by atoms with Crippen molar-refractivity contribution < 1.29 is 23.8 Å². The van der Waals surface area contributed by atoms with Gasteiger partial charge in [0.1, 0.15) is 11.9 Å². The molecule has 0 spiro atoms. The van der Waals surface area contributed by atoms with Crippen molar-refractivity contribution in [2.75, 3.05) is 38.1 Å². The number of hydrogen-bond acceptors (Lipinski definition) is 7. The van der Waals surface area contributed by atoms with Gasteiger partial charge in [0, 0.05) is 31.5 Å². The van der Waals surface area contributed by atoms with Gasteiger partial charge in [-0.15, -0.1) is 0 Å². The van der Waals surface area contributed by atoms with Gasteiger partial charge in [-0.25, -0.2) is 14.2 Å². The van der Waals surface area contributed by atoms with Crippen LogP contribution in [0.25, 0.3) is 0 Å². The molecule has 0 unspecified atom stereocenters. The molecule has 0 saturated carbocycles. The lowest BCUT2D eigenvalue weighted by molar-refractivity contribution is -0.139. The van der Waals surface area contributed by atoms with Crippen LogP contribution in [-0.4, -0.2) is 76.3 Å². The number of hydrogen-bond donors (Lipinski definition) is 3. The van der Waals surface area contributed by atoms with Crippen molar-refractivity contribution in [1.82, 2.24) is 20.2 Å². The van der Waals surface area contributed by atoms with E-state index in [1.807, 2.05) is 20.8 Å². The zero-order chi connectivity index (χ0) is 28.4. The molecule has 1 atom stereocenters. The van der Waals surface area contributed by atoms with E-state index in [1.54, 1.807) is 0 Å². The SMILES string of the molecule is CC(C)(C)OCCN(CCCCc1ccc2c(n1)NCCC2)CC[C@H](NC(=O)c1c(F)cncc1Cl)C(=O)O. The molecule has 0 aliphatic carbocycles. The minimum absolute atomic E-state index is 0.138. The number of carbonyl (C=O) groups is 2. The number of fused-ring (bicyclic) bond motifs is 1. The number of unbranched alkanes of at least 4 members (excludes halogenated alkanes) is 1. The molecule has 0 aromatic carbocycles. The van der Waals surface area contributed by atoms with Crippen molar-refractivity contribution in [3.05, 3.63) is 52.2 Å². The number of halogens is 2. The molecule has 11 heteroatoms. The van der Waals surface area contributed by atoms with E-state index in [1.165, 1.54) is 5.56 Å². The summed E-state index contributed by atoms with van der Waals surface area (Å²) < 4.78 is 20.0. The Labute approximate surface area is 234 Å². The first-order valence-electron chi connectivity index (χ1n) is 13.4. The van der Waals surface area contributed by atoms with Crippen LogP contribution in [0.15, 0.2) is 24.5 Å². The summed E-state index contributed by atoms with van der Waals surface area (Å²) in [4.78, 5) is 35.0. The van der Waals surface area contributed by atoms with Crippen LogP contribution in [0.3, 0.4) is 0 Å². The standard InChI is InChI=1S/C28H39ClFN5O4/c1-28(2,3)39-16-15-35(13-5-4-8-20-10-9-19-7-6-12-32-25(19)33-20)14-11-23(27(37)38)34-26(36)24-21(29)17-31-18-22(24)30/h9-10,17-18,23H,4-8,11-16H2,1-3H3,(H,32,33)(H,34,36)(H,37,38)/t23-/m0/s1. The Balaban J connectivity index is 1.55. The highest BCUT2D eigenvalue weighted by atomic mass is 35.5. The third-order valence-corrected chi connectivity index (χ3v) is 6.76. The van der Waals surface area contributed by atoms with Gasteiger partial charge < -0.3 is 25.4 Å². The lowest BCUT2D eigenvalue weighted by atomic mass is 10.1. The number of carboxylic acids is 1. The Morgan fingerprint density at radius 1 is 1.23 bits per heavy atom. The van der Waals surface area contributed by atoms with Gasteiger partial charge in [0.25, 0.3) is 5.91 Å². The minimum atomic E-state index is -1.21. The van der Waals surface area contributed by atoms with E-state index in [-0.39, 0.29) is 17.0 Å². The Morgan fingerprint density at radius 2 is 2.03 bits per heavy atom. The molecule has 39 heavy (non-hydrogen) atoms. The van der Waals surface area contributed by atoms with E-state index >= 15 is 0 Å². The average molecular weight is 564 g/mol. The van der Waals surface area contributed by atoms with Gasteiger partial charge in [-0.2, -0.15) is 0 Å². The number of nitrogens with one attached hydrogen (secondary N) is 2. The topological polar surface area (TPSA) is 117 Å². The van der Waals surface area contributed by atoms with Gasteiger partial charge in [0.2, 0.25) is 0 Å². The second-order valence-corrected chi connectivity index (χ2v) is 11.1. The van der Waals surface area contributed by atoms with Crippen molar-refractivity contribution in [1.29, 1.82) is 0 Å². The van der Waals surface area contributed by atoms with E-state index in [4.69, 9.17) is 21.3 Å². The molecule has 3 N–H and O–H groups in total. The maximum absolute atomic E-state index is 14.1. The van der Waals surface area contributed by atoms with Gasteiger partial charge in [-0.05, 0) is 77.5 Å². The van der Waals surface area contributed by atoms with E-state index < -0.39 is 29.3 Å². The number of anilines is 1. The Bertz CT molecular complexity index is 1110. The molecule has 1 amide bonds. The van der Waals surface area contributed by atoms with E-state index in [2.05, 4.69) is 32.7 Å². The van der Waals surface area contributed by atoms with Crippen molar-refractivity contribution in [3.63, 3.8) is 0 Å². The molecule has 0 radical (unpaired) electrons. The first-order valence-corrected chi connectivity index (χ1v) is 13.8. The normalized spacial score (nSPS) is 14.0. The summed E-state index contributed by atoms with van der Waals surface area (Å²) in [5.74, 6) is -2.00. The molecular formula is C28H39ClFN5O4. The van der Waals surface area contributed by atoms with Gasteiger partial charge >= 0.3 is 5.97 Å². The van der Waals surface area contributed by atoms with Crippen LogP contribution in [0.2, 0.25) is 5.02 Å². The molecule has 2 aromatic rings. The van der Waals surface area contributed by atoms with Crippen LogP contribution in [0.4, 0.5) is 10.2 Å². The average Bonchev–Trinajstić information content (AvgIpc) is 2.87. The maximum atomic E-state index is 14.1. The molecular weight excluding hydrogens is 525 g/mol. The first-order chi connectivity index (χ1) is 18.5. The predicted octanol–water partition coefficient (Wildman–Crippen LogP) is 4.34. The minimum Gasteiger partial charge on any atom is -0.480 e. The third kappa shape index (κ3) is 10.0. The van der Waals surface area contributed by atoms with Crippen LogP contribution >= 0.6 is 11.6 Å². The fourth-order valence-corrected chi connectivity index (χ4v) is 4.63. The molecule has 0 saturated heterocycles. The number of nitrogens with zero attached hydrogens (tertiary/aromatic N) is 3. The molecule has 0 bridgehead atoms. The number of ether oxygens (including phenoxy) is 1. The molecule has 214 valence electrons. The zero-order valence-corrected chi connectivity index (χ0v) is 23.7. The Kier molecular flexibility index (Phi) is 11.4. The smallest absolute Gasteiger partial charge is 0.326 e. The quantitative estimate of drug-likeness (QED) is 0.291. The molecule has 1 aliphatic heterocycles. The van der Waals surface area contributed by atoms with Gasteiger partial charge in [0.15, 0.2) is 5.82 Å². The van der Waals surface area contributed by atoms with Crippen LogP contribution in [0.5, 0.6) is 0 Å². The highest BCUT2D eigenvalue weighted by Gasteiger charge is 2.25. The van der Waals surface area contributed by atoms with Crippen LogP contribution in [-0.2, 0) is 22.4 Å². The van der Waals surface area contributed by atoms with Crippen molar-refractivity contribution in [2.24, 2.45) is 0 Å². The zero-order valence-electron chi connectivity index (χ0n) is 22.9. The second-order valence-electron chi connectivity index (χ2n) is 10.7. The van der Waals surface area contributed by atoms with E-state index in [0.717, 1.165) is 69.1 Å². The van der Waals surface area contributed by atoms with E-state index in [0.29, 0.717) is 19.7 Å². The summed E-state index contributed by atoms with van der Waals surface area (Å²) in [6.45, 7) is 9.16. The van der Waals surface area contributed by atoms with Gasteiger partial charge in [0.05, 0.1) is 29.0 Å². The number of carboxylic acid groups (broad SMARTS) is 1. The fraction of sp³-hybridized carbons (Fsp3) is 0.571. The number of aliphatic carboxylic acids is 1. The summed E-state index contributed by atoms with van der Waals surface area (Å²) >= 11 is 5.92. The summed E-state index contributed by atoms with van der Waals surface area (Å²) in [5.41, 5.74) is 1.62. The molecule has 3 rings (SSSR count). The number of pyridine rings is 2. The molecule has 2 aromatic heterocycles. The van der Waals surface area contributed by atoms with Crippen LogP contribution in [0, 0.1) is 5.82 Å². The van der Waals surface area contributed by atoms with Crippen molar-refractivity contribution in [3.8, 4) is 0 Å². The van der Waals surface area contributed by atoms with Gasteiger partial charge in [-0.1, -0.05) is 17.7 Å². The van der Waals surface area contributed by atoms with Crippen LogP contribution in [0.1, 0.15) is 68.1 Å². The molecule has 3 heterocycles. The lowest BCUT2D eigenvalue weighted by Gasteiger charge is -2.27. The first kappa shape index (κ1) is 30.7. The summed E-state index contributed by atoms with van der Waals surface area (Å²) in [6, 6.07) is 3.05. The third-order valence-electron chi connectivity index (χ3n) is 6.47. The monoisotopic (exact) mass is 563 g/mol. The number of amides is 1. The van der Waals surface area contributed by atoms with Crippen molar-refractivity contribution in [2.45, 2.75) is 70.9 Å². The Hall–Kier alpha value is -2.82. The van der Waals surface area contributed by atoms with Crippen LogP contribution < -0.4 is 10.6 Å². The fourth-order valence-electron chi connectivity index (χ4n) is 4.39. The number of aryl methyl sites for hydroxylation is 2. The maximum Gasteiger partial charge on any atom is 0.326 e. The molecule has 1 aliphatic rings. The summed E-state index contributed by atoms with van der Waals surface area (Å²) in [5, 5.41) is 15.3. The summed E-state index contributed by atoms with van der Waals surface area (Å²) in [7, 11) is 0. The van der Waals surface area contributed by atoms with Crippen molar-refractivity contribution >= 4 is 29.3 Å². The lowest BCUT2D eigenvalue weighted by Crippen LogP contribution is -2.44. The molecule has 0 fully saturated rings. The Morgan fingerprint density at radius 3 is 2.74 bits per heavy atom. The highest BCUT2D eigenvalue weighted by molar-refractivity contribution is 6.33. The molecule has 9 nitrogen and oxygen atoms in total. The second kappa shape index (κ2) is 14.5. The predicted molar refractivity (Wildman–Crippen MR) is 149 cm³/mol. The highest BCUT2D eigenvalue weighted by Crippen LogP contribution is 2.21. The number of rotatable bonds is 14. The van der Waals surface area contributed by atoms with Gasteiger partial charge in [-0.3, -0.25) is 9.78 Å². The number of aromatic nitrogens is 2. The number of carbonyl (C=O) groups excluding carboxylic acids is 1. The summed E-state index contributed by atoms with van der Waals surface area (Å²) in [6.07, 6.45) is 7.01. The van der Waals surface area contributed by atoms with E-state index in [9.17, 15) is 19.1 Å².